The second-order valence-corrected chi connectivity index (χ2v) is 4.63. The molecule has 0 aliphatic heterocycles. The minimum absolute atomic E-state index is 0.482. The molecule has 0 saturated heterocycles. The van der Waals surface area contributed by atoms with Gasteiger partial charge >= 0.3 is 0 Å². The Balaban J connectivity index is 2.09. The third-order valence-electron chi connectivity index (χ3n) is 3.40. The van der Waals surface area contributed by atoms with Crippen molar-refractivity contribution in [3.8, 4) is 0 Å². The quantitative estimate of drug-likeness (QED) is 0.776. The van der Waals surface area contributed by atoms with Gasteiger partial charge in [0.1, 0.15) is 5.82 Å². The maximum absolute atomic E-state index is 5.79. The summed E-state index contributed by atoms with van der Waals surface area (Å²) in [5.41, 5.74) is 10.2. The number of hydrogen-bond acceptors (Lipinski definition) is 3. The predicted molar refractivity (Wildman–Crippen MR) is 74.9 cm³/mol. The summed E-state index contributed by atoms with van der Waals surface area (Å²) >= 11 is 0. The van der Waals surface area contributed by atoms with Gasteiger partial charge in [0.2, 0.25) is 0 Å². The summed E-state index contributed by atoms with van der Waals surface area (Å²) in [6.45, 7) is 2.60. The lowest BCUT2D eigenvalue weighted by Gasteiger charge is -2.07. The lowest BCUT2D eigenvalue weighted by atomic mass is 10.1. The van der Waals surface area contributed by atoms with Gasteiger partial charge in [0, 0.05) is 18.7 Å². The average molecular weight is 252 g/mol. The van der Waals surface area contributed by atoms with Crippen LogP contribution in [0.4, 0.5) is 0 Å². The number of nitrogens with zero attached hydrogens (tertiary/aromatic N) is 3. The molecule has 0 spiro atoms. The first-order valence-electron chi connectivity index (χ1n) is 6.36. The molecule has 0 radical (unpaired) electrons. The molecule has 3 rings (SSSR count). The molecule has 0 aliphatic rings. The molecular weight excluding hydrogens is 236 g/mol. The van der Waals surface area contributed by atoms with Crippen LogP contribution < -0.4 is 5.73 Å². The highest BCUT2D eigenvalue weighted by Gasteiger charge is 2.10. The van der Waals surface area contributed by atoms with Crippen molar-refractivity contribution in [2.24, 2.45) is 5.73 Å². The molecular formula is C15H16N4. The Kier molecular flexibility index (Phi) is 3.01. The van der Waals surface area contributed by atoms with Gasteiger partial charge in [0.15, 0.2) is 5.65 Å². The maximum Gasteiger partial charge on any atom is 0.161 e. The van der Waals surface area contributed by atoms with Crippen LogP contribution in [0.25, 0.3) is 5.65 Å². The van der Waals surface area contributed by atoms with Crippen molar-refractivity contribution in [3.05, 3.63) is 65.1 Å². The first-order valence-corrected chi connectivity index (χ1v) is 6.36. The van der Waals surface area contributed by atoms with Crippen molar-refractivity contribution < 1.29 is 0 Å². The van der Waals surface area contributed by atoms with E-state index in [1.54, 1.807) is 0 Å². The highest BCUT2D eigenvalue weighted by atomic mass is 15.2. The first-order chi connectivity index (χ1) is 9.29. The molecule has 3 aromatic rings. The van der Waals surface area contributed by atoms with Crippen molar-refractivity contribution >= 4 is 5.65 Å². The number of aromatic nitrogens is 3. The van der Waals surface area contributed by atoms with E-state index < -0.39 is 0 Å². The molecule has 19 heavy (non-hydrogen) atoms. The Morgan fingerprint density at radius 3 is 2.68 bits per heavy atom. The predicted octanol–water partition coefficient (Wildman–Crippen LogP) is 2.09. The molecule has 96 valence electrons. The summed E-state index contributed by atoms with van der Waals surface area (Å²) in [5.74, 6) is 0.936. The fourth-order valence-electron chi connectivity index (χ4n) is 2.32. The van der Waals surface area contributed by atoms with Crippen LogP contribution in [-0.4, -0.2) is 14.6 Å². The van der Waals surface area contributed by atoms with Gasteiger partial charge in [-0.15, -0.1) is 10.2 Å². The third kappa shape index (κ3) is 2.11. The topological polar surface area (TPSA) is 56.2 Å². The van der Waals surface area contributed by atoms with E-state index in [0.717, 1.165) is 23.6 Å². The van der Waals surface area contributed by atoms with E-state index in [2.05, 4.69) is 35.3 Å². The van der Waals surface area contributed by atoms with Gasteiger partial charge in [-0.05, 0) is 30.2 Å². The molecule has 0 saturated carbocycles. The zero-order valence-electron chi connectivity index (χ0n) is 10.9. The summed E-state index contributed by atoms with van der Waals surface area (Å²) in [7, 11) is 0. The fraction of sp³-hybridized carbons (Fsp3) is 0.200. The van der Waals surface area contributed by atoms with Crippen molar-refractivity contribution in [2.45, 2.75) is 19.9 Å². The van der Waals surface area contributed by atoms with Crippen LogP contribution in [0.15, 0.2) is 42.5 Å². The van der Waals surface area contributed by atoms with Crippen LogP contribution >= 0.6 is 0 Å². The van der Waals surface area contributed by atoms with Crippen LogP contribution in [0.2, 0.25) is 0 Å². The van der Waals surface area contributed by atoms with E-state index in [4.69, 9.17) is 5.73 Å². The second-order valence-electron chi connectivity index (χ2n) is 4.63. The summed E-state index contributed by atoms with van der Waals surface area (Å²) in [5, 5.41) is 8.51. The molecule has 0 fully saturated rings. The van der Waals surface area contributed by atoms with Gasteiger partial charge < -0.3 is 5.73 Å². The molecule has 2 aromatic heterocycles. The molecule has 0 bridgehead atoms. The van der Waals surface area contributed by atoms with Crippen LogP contribution in [0, 0.1) is 6.92 Å². The minimum atomic E-state index is 0.482. The fourth-order valence-corrected chi connectivity index (χ4v) is 2.32. The van der Waals surface area contributed by atoms with Gasteiger partial charge in [-0.2, -0.15) is 0 Å². The minimum Gasteiger partial charge on any atom is -0.325 e. The van der Waals surface area contributed by atoms with E-state index in [1.807, 2.05) is 28.7 Å². The Labute approximate surface area is 111 Å². The zero-order chi connectivity index (χ0) is 13.2. The van der Waals surface area contributed by atoms with E-state index in [9.17, 15) is 0 Å². The van der Waals surface area contributed by atoms with Crippen molar-refractivity contribution in [2.75, 3.05) is 0 Å². The zero-order valence-corrected chi connectivity index (χ0v) is 10.9. The number of benzene rings is 1. The number of pyridine rings is 1. The van der Waals surface area contributed by atoms with E-state index >= 15 is 0 Å². The third-order valence-corrected chi connectivity index (χ3v) is 3.40. The molecule has 0 aliphatic carbocycles. The van der Waals surface area contributed by atoms with Crippen molar-refractivity contribution in [1.29, 1.82) is 0 Å². The van der Waals surface area contributed by atoms with Crippen molar-refractivity contribution in [1.82, 2.24) is 14.6 Å². The smallest absolute Gasteiger partial charge is 0.161 e. The maximum atomic E-state index is 5.79. The molecule has 1 aromatic carbocycles. The Hall–Kier alpha value is -2.20. The van der Waals surface area contributed by atoms with E-state index in [0.29, 0.717) is 6.54 Å². The molecule has 0 atom stereocenters. The molecule has 2 heterocycles. The summed E-state index contributed by atoms with van der Waals surface area (Å²) < 4.78 is 2.05. The van der Waals surface area contributed by atoms with Gasteiger partial charge in [-0.1, -0.05) is 30.3 Å². The second kappa shape index (κ2) is 4.82. The summed E-state index contributed by atoms with van der Waals surface area (Å²) in [6.07, 6.45) is 0.769. The average Bonchev–Trinajstić information content (AvgIpc) is 2.85. The number of nitrogens with two attached hydrogens (primary N) is 1. The van der Waals surface area contributed by atoms with E-state index in [1.165, 1.54) is 11.1 Å². The normalized spacial score (nSPS) is 11.1. The van der Waals surface area contributed by atoms with Crippen LogP contribution in [0.3, 0.4) is 0 Å². The van der Waals surface area contributed by atoms with Crippen LogP contribution in [-0.2, 0) is 13.0 Å². The van der Waals surface area contributed by atoms with Gasteiger partial charge in [-0.3, -0.25) is 4.40 Å². The Morgan fingerprint density at radius 2 is 1.89 bits per heavy atom. The monoisotopic (exact) mass is 252 g/mol. The van der Waals surface area contributed by atoms with Gasteiger partial charge in [0.25, 0.3) is 0 Å². The molecule has 0 unspecified atom stereocenters. The number of rotatable bonds is 3. The highest BCUT2D eigenvalue weighted by Crippen LogP contribution is 2.15. The molecule has 2 N–H and O–H groups in total. The molecule has 4 heteroatoms. The molecule has 4 nitrogen and oxygen atoms in total. The standard InChI is InChI=1S/C15H16N4/c1-11-5-2-3-6-12(11)9-15-18-17-14-8-4-7-13(10-16)19(14)15/h2-8H,9-10,16H2,1H3. The van der Waals surface area contributed by atoms with Crippen molar-refractivity contribution in [3.63, 3.8) is 0 Å². The Bertz CT molecular complexity index is 715. The molecule has 0 amide bonds. The van der Waals surface area contributed by atoms with Crippen LogP contribution in [0.5, 0.6) is 0 Å². The Morgan fingerprint density at radius 1 is 1.05 bits per heavy atom. The summed E-state index contributed by atoms with van der Waals surface area (Å²) in [4.78, 5) is 0. The van der Waals surface area contributed by atoms with Crippen LogP contribution in [0.1, 0.15) is 22.6 Å². The lowest BCUT2D eigenvalue weighted by molar-refractivity contribution is 0.868. The summed E-state index contributed by atoms with van der Waals surface area (Å²) in [6, 6.07) is 14.3. The highest BCUT2D eigenvalue weighted by molar-refractivity contribution is 5.41. The largest absolute Gasteiger partial charge is 0.325 e. The van der Waals surface area contributed by atoms with E-state index in [-0.39, 0.29) is 0 Å². The van der Waals surface area contributed by atoms with Gasteiger partial charge in [0.05, 0.1) is 0 Å². The number of hydrogen-bond donors (Lipinski definition) is 1. The van der Waals surface area contributed by atoms with Gasteiger partial charge in [-0.25, -0.2) is 0 Å². The SMILES string of the molecule is Cc1ccccc1Cc1nnc2cccc(CN)n12. The first kappa shape index (κ1) is 11.9. The lowest BCUT2D eigenvalue weighted by Crippen LogP contribution is -2.07. The number of fused-ring (bicyclic) bond motifs is 1. The number of aryl methyl sites for hydroxylation is 1.